The van der Waals surface area contributed by atoms with Crippen molar-refractivity contribution < 1.29 is 17.9 Å². The maximum atomic E-state index is 12.1. The average molecular weight is 453 g/mol. The number of hydrogen-bond acceptors (Lipinski definition) is 6. The van der Waals surface area contributed by atoms with Gasteiger partial charge in [0.25, 0.3) is 10.0 Å². The second-order valence-electron chi connectivity index (χ2n) is 7.60. The number of ether oxygens (including phenoxy) is 1. The molecule has 0 aliphatic carbocycles. The van der Waals surface area contributed by atoms with Crippen molar-refractivity contribution in [3.8, 4) is 5.69 Å². The Labute approximate surface area is 187 Å². The van der Waals surface area contributed by atoms with E-state index in [4.69, 9.17) is 4.74 Å². The van der Waals surface area contributed by atoms with Gasteiger partial charge in [0.05, 0.1) is 16.3 Å². The number of rotatable bonds is 7. The number of aryl methyl sites for hydroxylation is 2. The molecule has 0 radical (unpaired) electrons. The Morgan fingerprint density at radius 1 is 1.12 bits per heavy atom. The van der Waals surface area contributed by atoms with Gasteiger partial charge in [-0.3, -0.25) is 14.5 Å². The molecule has 0 bridgehead atoms. The minimum absolute atomic E-state index is 0.192. The van der Waals surface area contributed by atoms with Gasteiger partial charge in [-0.05, 0) is 56.2 Å². The lowest BCUT2D eigenvalue weighted by atomic mass is 10.2. The number of nitrogens with zero attached hydrogens (tertiary/aromatic N) is 3. The number of carbonyl (C=O) groups excluding carboxylic acids is 1. The summed E-state index contributed by atoms with van der Waals surface area (Å²) in [5.74, 6) is -0.00288. The highest BCUT2D eigenvalue weighted by molar-refractivity contribution is 7.90. The first-order valence-corrected chi connectivity index (χ1v) is 11.8. The van der Waals surface area contributed by atoms with Crippen molar-refractivity contribution in [1.82, 2.24) is 14.5 Å². The molecule has 0 unspecified atom stereocenters. The van der Waals surface area contributed by atoms with Crippen molar-refractivity contribution in [2.24, 2.45) is 4.99 Å². The predicted octanol–water partition coefficient (Wildman–Crippen LogP) is 3.05. The first-order valence-electron chi connectivity index (χ1n) is 10.3. The van der Waals surface area contributed by atoms with E-state index >= 15 is 0 Å². The predicted molar refractivity (Wildman–Crippen MR) is 120 cm³/mol. The van der Waals surface area contributed by atoms with Gasteiger partial charge in [0.1, 0.15) is 12.4 Å². The van der Waals surface area contributed by atoms with E-state index < -0.39 is 10.0 Å². The Morgan fingerprint density at radius 3 is 2.59 bits per heavy atom. The number of benzene rings is 2. The zero-order valence-corrected chi connectivity index (χ0v) is 18.7. The third-order valence-corrected chi connectivity index (χ3v) is 6.46. The highest BCUT2D eigenvalue weighted by Crippen LogP contribution is 2.22. The largest absolute Gasteiger partial charge is 0.461 e. The number of carbonyl (C=O) groups is 1. The summed E-state index contributed by atoms with van der Waals surface area (Å²) in [7, 11) is -3.55. The SMILES string of the molecule is Cc1cc(C)n(-c2ccc(COC(=O)CCCN=C3NS(=O)(=O)c4ccccc43)cc2)n1. The molecule has 166 valence electrons. The molecule has 1 aliphatic rings. The summed E-state index contributed by atoms with van der Waals surface area (Å²) in [6.45, 7) is 4.46. The zero-order valence-electron chi connectivity index (χ0n) is 17.9. The van der Waals surface area contributed by atoms with Gasteiger partial charge in [-0.15, -0.1) is 0 Å². The van der Waals surface area contributed by atoms with Crippen LogP contribution in [0.4, 0.5) is 0 Å². The van der Waals surface area contributed by atoms with Crippen molar-refractivity contribution >= 4 is 21.8 Å². The van der Waals surface area contributed by atoms with E-state index in [2.05, 4.69) is 14.8 Å². The molecule has 0 saturated heterocycles. The smallest absolute Gasteiger partial charge is 0.306 e. The van der Waals surface area contributed by atoms with Gasteiger partial charge < -0.3 is 4.74 Å². The van der Waals surface area contributed by atoms with E-state index in [1.165, 1.54) is 0 Å². The Bertz CT molecular complexity index is 1280. The van der Waals surface area contributed by atoms with Crippen LogP contribution >= 0.6 is 0 Å². The fraction of sp³-hybridized carbons (Fsp3) is 0.261. The molecule has 0 spiro atoms. The number of amidine groups is 1. The van der Waals surface area contributed by atoms with Crippen LogP contribution in [0.5, 0.6) is 0 Å². The average Bonchev–Trinajstić information content (AvgIpc) is 3.25. The molecule has 32 heavy (non-hydrogen) atoms. The molecule has 4 rings (SSSR count). The fourth-order valence-corrected chi connectivity index (χ4v) is 4.78. The van der Waals surface area contributed by atoms with E-state index in [1.54, 1.807) is 24.3 Å². The van der Waals surface area contributed by atoms with Crippen LogP contribution in [0.25, 0.3) is 5.69 Å². The Kier molecular flexibility index (Phi) is 6.09. The van der Waals surface area contributed by atoms with Crippen LogP contribution in [0.2, 0.25) is 0 Å². The van der Waals surface area contributed by atoms with E-state index in [-0.39, 0.29) is 23.9 Å². The monoisotopic (exact) mass is 452 g/mol. The van der Waals surface area contributed by atoms with Crippen molar-refractivity contribution in [2.75, 3.05) is 6.54 Å². The summed E-state index contributed by atoms with van der Waals surface area (Å²) in [4.78, 5) is 16.6. The standard InChI is InChI=1S/C23H24N4O4S/c1-16-14-17(2)27(25-16)19-11-9-18(10-12-19)15-31-22(28)8-5-13-24-23-20-6-3-4-7-21(20)32(29,30)26-23/h3-4,6-7,9-12,14H,5,8,13,15H2,1-2H3,(H,24,26). The molecule has 2 heterocycles. The maximum Gasteiger partial charge on any atom is 0.306 e. The second-order valence-corrected chi connectivity index (χ2v) is 9.25. The summed E-state index contributed by atoms with van der Waals surface area (Å²) in [6.07, 6.45) is 0.665. The maximum absolute atomic E-state index is 12.1. The molecule has 0 atom stereocenters. The summed E-state index contributed by atoms with van der Waals surface area (Å²) in [6, 6.07) is 16.4. The van der Waals surface area contributed by atoms with Crippen LogP contribution in [0, 0.1) is 13.8 Å². The van der Waals surface area contributed by atoms with Gasteiger partial charge in [-0.2, -0.15) is 5.10 Å². The highest BCUT2D eigenvalue weighted by Gasteiger charge is 2.29. The van der Waals surface area contributed by atoms with Gasteiger partial charge >= 0.3 is 5.97 Å². The molecule has 9 heteroatoms. The van der Waals surface area contributed by atoms with Crippen molar-refractivity contribution in [2.45, 2.75) is 38.2 Å². The number of fused-ring (bicyclic) bond motifs is 1. The molecule has 0 saturated carbocycles. The van der Waals surface area contributed by atoms with Crippen LogP contribution in [-0.2, 0) is 26.2 Å². The molecule has 0 amide bonds. The minimum Gasteiger partial charge on any atom is -0.461 e. The first-order chi connectivity index (χ1) is 15.3. The number of aromatic nitrogens is 2. The quantitative estimate of drug-likeness (QED) is 0.438. The van der Waals surface area contributed by atoms with Gasteiger partial charge in [0, 0.05) is 24.2 Å². The van der Waals surface area contributed by atoms with Crippen LogP contribution in [0.3, 0.4) is 0 Å². The van der Waals surface area contributed by atoms with Gasteiger partial charge in [0.15, 0.2) is 0 Å². The Morgan fingerprint density at radius 2 is 1.88 bits per heavy atom. The van der Waals surface area contributed by atoms with Crippen LogP contribution in [0.15, 0.2) is 64.5 Å². The number of nitrogens with one attached hydrogen (secondary N) is 1. The molecule has 1 aromatic heterocycles. The lowest BCUT2D eigenvalue weighted by Gasteiger charge is -2.07. The molecule has 2 aromatic carbocycles. The number of hydrogen-bond donors (Lipinski definition) is 1. The molecule has 1 aliphatic heterocycles. The fourth-order valence-electron chi connectivity index (χ4n) is 3.53. The van der Waals surface area contributed by atoms with Crippen LogP contribution < -0.4 is 4.72 Å². The lowest BCUT2D eigenvalue weighted by Crippen LogP contribution is -2.22. The minimum atomic E-state index is -3.55. The third kappa shape index (κ3) is 4.72. The van der Waals surface area contributed by atoms with E-state index in [0.717, 1.165) is 22.6 Å². The summed E-state index contributed by atoms with van der Waals surface area (Å²) < 4.78 is 33.8. The third-order valence-electron chi connectivity index (χ3n) is 5.06. The summed E-state index contributed by atoms with van der Waals surface area (Å²) in [5, 5.41) is 4.46. The molecule has 0 fully saturated rings. The van der Waals surface area contributed by atoms with E-state index in [1.807, 2.05) is 48.9 Å². The number of esters is 1. The Hall–Kier alpha value is -3.46. The second kappa shape index (κ2) is 8.96. The van der Waals surface area contributed by atoms with Crippen molar-refractivity contribution in [3.05, 3.63) is 77.1 Å². The molecule has 3 aromatic rings. The molecule has 8 nitrogen and oxygen atoms in total. The van der Waals surface area contributed by atoms with Crippen LogP contribution in [0.1, 0.15) is 35.4 Å². The van der Waals surface area contributed by atoms with Crippen LogP contribution in [-0.4, -0.2) is 36.5 Å². The topological polar surface area (TPSA) is 103 Å². The van der Waals surface area contributed by atoms with Gasteiger partial charge in [-0.25, -0.2) is 13.1 Å². The van der Waals surface area contributed by atoms with Gasteiger partial charge in [0.2, 0.25) is 0 Å². The van der Waals surface area contributed by atoms with E-state index in [0.29, 0.717) is 24.4 Å². The molecule has 1 N–H and O–H groups in total. The zero-order chi connectivity index (χ0) is 22.7. The van der Waals surface area contributed by atoms with E-state index in [9.17, 15) is 13.2 Å². The highest BCUT2D eigenvalue weighted by atomic mass is 32.2. The van der Waals surface area contributed by atoms with Crippen molar-refractivity contribution in [3.63, 3.8) is 0 Å². The van der Waals surface area contributed by atoms with Gasteiger partial charge in [-0.1, -0.05) is 24.3 Å². The lowest BCUT2D eigenvalue weighted by molar-refractivity contribution is -0.145. The summed E-state index contributed by atoms with van der Waals surface area (Å²) >= 11 is 0. The van der Waals surface area contributed by atoms with Crippen molar-refractivity contribution in [1.29, 1.82) is 0 Å². The number of sulfonamides is 1. The Balaban J connectivity index is 1.25. The number of aliphatic imine (C=N–C) groups is 1. The normalized spacial score (nSPS) is 15.4. The molecular formula is C23H24N4O4S. The summed E-state index contributed by atoms with van der Waals surface area (Å²) in [5.41, 5.74) is 4.41. The first kappa shape index (κ1) is 21.8. The molecular weight excluding hydrogens is 428 g/mol.